The van der Waals surface area contributed by atoms with Gasteiger partial charge in [0.2, 0.25) is 0 Å². The first-order chi connectivity index (χ1) is 14.7. The lowest BCUT2D eigenvalue weighted by Gasteiger charge is -2.07. The molecule has 6 heteroatoms. The summed E-state index contributed by atoms with van der Waals surface area (Å²) in [6.07, 6.45) is 0. The molecule has 1 aromatic heterocycles. The number of ether oxygens (including phenoxy) is 2. The van der Waals surface area contributed by atoms with Crippen molar-refractivity contribution in [3.05, 3.63) is 84.2 Å². The van der Waals surface area contributed by atoms with Crippen molar-refractivity contribution >= 4 is 22.4 Å². The van der Waals surface area contributed by atoms with Crippen molar-refractivity contribution in [1.29, 1.82) is 0 Å². The van der Waals surface area contributed by atoms with Crippen LogP contribution in [0, 0.1) is 0 Å². The van der Waals surface area contributed by atoms with Gasteiger partial charge >= 0.3 is 0 Å². The summed E-state index contributed by atoms with van der Waals surface area (Å²) >= 11 is 1.38. The number of nitrogens with zero attached hydrogens (tertiary/aromatic N) is 1. The molecule has 3 aromatic carbocycles. The second kappa shape index (κ2) is 9.24. The van der Waals surface area contributed by atoms with Crippen molar-refractivity contribution < 1.29 is 14.3 Å². The van der Waals surface area contributed by atoms with Crippen LogP contribution in [0.4, 0.5) is 5.13 Å². The molecule has 5 nitrogen and oxygen atoms in total. The van der Waals surface area contributed by atoms with E-state index in [1.54, 1.807) is 19.2 Å². The van der Waals surface area contributed by atoms with Gasteiger partial charge in [0.25, 0.3) is 5.91 Å². The maximum absolute atomic E-state index is 12.2. The summed E-state index contributed by atoms with van der Waals surface area (Å²) in [4.78, 5) is 16.7. The van der Waals surface area contributed by atoms with Crippen molar-refractivity contribution in [2.24, 2.45) is 0 Å². The van der Waals surface area contributed by atoms with E-state index in [9.17, 15) is 4.79 Å². The van der Waals surface area contributed by atoms with Crippen molar-refractivity contribution in [2.75, 3.05) is 19.0 Å². The zero-order valence-electron chi connectivity index (χ0n) is 16.4. The molecule has 0 radical (unpaired) electrons. The van der Waals surface area contributed by atoms with Gasteiger partial charge in [-0.2, -0.15) is 0 Å². The number of benzene rings is 3. The van der Waals surface area contributed by atoms with Crippen molar-refractivity contribution in [3.8, 4) is 33.9 Å². The van der Waals surface area contributed by atoms with Gasteiger partial charge < -0.3 is 9.47 Å². The van der Waals surface area contributed by atoms with E-state index in [1.807, 2.05) is 47.8 Å². The van der Waals surface area contributed by atoms with Gasteiger partial charge in [-0.15, -0.1) is 11.3 Å². The second-order valence-corrected chi connectivity index (χ2v) is 7.36. The molecule has 1 amide bonds. The number of nitrogens with one attached hydrogen (secondary N) is 1. The largest absolute Gasteiger partial charge is 0.497 e. The Morgan fingerprint density at radius 2 is 1.60 bits per heavy atom. The lowest BCUT2D eigenvalue weighted by atomic mass is 10.0. The molecule has 0 fully saturated rings. The van der Waals surface area contributed by atoms with E-state index in [2.05, 4.69) is 34.6 Å². The molecule has 4 aromatic rings. The summed E-state index contributed by atoms with van der Waals surface area (Å²) in [6.45, 7) is -0.103. The molecule has 1 heterocycles. The van der Waals surface area contributed by atoms with Crippen LogP contribution in [-0.2, 0) is 4.79 Å². The van der Waals surface area contributed by atoms with E-state index >= 15 is 0 Å². The number of hydrogen-bond acceptors (Lipinski definition) is 5. The van der Waals surface area contributed by atoms with Crippen LogP contribution in [-0.4, -0.2) is 24.6 Å². The van der Waals surface area contributed by atoms with E-state index in [4.69, 9.17) is 9.47 Å². The van der Waals surface area contributed by atoms with E-state index in [1.165, 1.54) is 16.9 Å². The number of rotatable bonds is 7. The van der Waals surface area contributed by atoms with Gasteiger partial charge in [0.15, 0.2) is 11.7 Å². The molecule has 0 spiro atoms. The summed E-state index contributed by atoms with van der Waals surface area (Å²) in [7, 11) is 1.58. The van der Waals surface area contributed by atoms with Gasteiger partial charge in [0.05, 0.1) is 12.8 Å². The fraction of sp³-hybridized carbons (Fsp3) is 0.0833. The van der Waals surface area contributed by atoms with Gasteiger partial charge in [-0.05, 0) is 23.3 Å². The Kier molecular flexibility index (Phi) is 6.06. The van der Waals surface area contributed by atoms with E-state index in [0.717, 1.165) is 16.8 Å². The van der Waals surface area contributed by atoms with Crippen molar-refractivity contribution in [3.63, 3.8) is 0 Å². The highest BCUT2D eigenvalue weighted by Gasteiger charge is 2.09. The third kappa shape index (κ3) is 4.85. The molecule has 0 aliphatic carbocycles. The molecule has 0 saturated heterocycles. The van der Waals surface area contributed by atoms with Gasteiger partial charge in [0, 0.05) is 17.0 Å². The Morgan fingerprint density at radius 1 is 0.900 bits per heavy atom. The van der Waals surface area contributed by atoms with Crippen LogP contribution in [0.3, 0.4) is 0 Å². The van der Waals surface area contributed by atoms with Gasteiger partial charge in [0.1, 0.15) is 11.5 Å². The molecule has 0 unspecified atom stereocenters. The Bertz CT molecular complexity index is 1120. The third-order valence-corrected chi connectivity index (χ3v) is 5.21. The zero-order valence-corrected chi connectivity index (χ0v) is 17.2. The number of anilines is 1. The number of methoxy groups -OCH3 is 1. The van der Waals surface area contributed by atoms with Crippen LogP contribution in [0.1, 0.15) is 0 Å². The zero-order chi connectivity index (χ0) is 20.8. The van der Waals surface area contributed by atoms with Crippen LogP contribution < -0.4 is 14.8 Å². The SMILES string of the molecule is COc1cccc(OCC(=O)Nc2nc(-c3ccc(-c4ccccc4)cc3)cs2)c1. The van der Waals surface area contributed by atoms with E-state index in [-0.39, 0.29) is 12.5 Å². The minimum absolute atomic E-state index is 0.103. The predicted octanol–water partition coefficient (Wildman–Crippen LogP) is 5.50. The number of carbonyl (C=O) groups is 1. The molecule has 1 N–H and O–H groups in total. The maximum atomic E-state index is 12.2. The second-order valence-electron chi connectivity index (χ2n) is 6.50. The quantitative estimate of drug-likeness (QED) is 0.432. The first-order valence-electron chi connectivity index (χ1n) is 9.39. The lowest BCUT2D eigenvalue weighted by Crippen LogP contribution is -2.20. The molecule has 0 atom stereocenters. The summed E-state index contributed by atoms with van der Waals surface area (Å²) < 4.78 is 10.7. The highest BCUT2D eigenvalue weighted by atomic mass is 32.1. The lowest BCUT2D eigenvalue weighted by molar-refractivity contribution is -0.118. The van der Waals surface area contributed by atoms with Gasteiger partial charge in [-0.1, -0.05) is 60.7 Å². The highest BCUT2D eigenvalue weighted by Crippen LogP contribution is 2.27. The maximum Gasteiger partial charge on any atom is 0.264 e. The van der Waals surface area contributed by atoms with E-state index in [0.29, 0.717) is 16.6 Å². The summed E-state index contributed by atoms with van der Waals surface area (Å²) in [5, 5.41) is 5.25. The molecular weight excluding hydrogens is 396 g/mol. The normalized spacial score (nSPS) is 10.4. The van der Waals surface area contributed by atoms with Gasteiger partial charge in [-0.3, -0.25) is 10.1 Å². The first-order valence-corrected chi connectivity index (χ1v) is 10.3. The fourth-order valence-corrected chi connectivity index (χ4v) is 3.66. The molecular formula is C24H20N2O3S. The highest BCUT2D eigenvalue weighted by molar-refractivity contribution is 7.14. The average Bonchev–Trinajstić information content (AvgIpc) is 3.27. The Labute approximate surface area is 178 Å². The predicted molar refractivity (Wildman–Crippen MR) is 120 cm³/mol. The molecule has 0 bridgehead atoms. The minimum Gasteiger partial charge on any atom is -0.497 e. The summed E-state index contributed by atoms with van der Waals surface area (Å²) in [5.41, 5.74) is 4.15. The molecule has 0 saturated carbocycles. The Morgan fingerprint density at radius 3 is 2.37 bits per heavy atom. The summed E-state index contributed by atoms with van der Waals surface area (Å²) in [5.74, 6) is 0.983. The fourth-order valence-electron chi connectivity index (χ4n) is 2.92. The van der Waals surface area contributed by atoms with Crippen LogP contribution in [0.15, 0.2) is 84.2 Å². The minimum atomic E-state index is -0.266. The molecule has 150 valence electrons. The van der Waals surface area contributed by atoms with E-state index < -0.39 is 0 Å². The number of thiazole rings is 1. The van der Waals surface area contributed by atoms with Crippen molar-refractivity contribution in [1.82, 2.24) is 4.98 Å². The standard InChI is InChI=1S/C24H20N2O3S/c1-28-20-8-5-9-21(14-20)29-15-23(27)26-24-25-22(16-30-24)19-12-10-18(11-13-19)17-6-3-2-4-7-17/h2-14,16H,15H2,1H3,(H,25,26,27). The van der Waals surface area contributed by atoms with Crippen LogP contribution in [0.25, 0.3) is 22.4 Å². The number of hydrogen-bond donors (Lipinski definition) is 1. The number of amides is 1. The number of carbonyl (C=O) groups excluding carboxylic acids is 1. The first kappa shape index (κ1) is 19.7. The van der Waals surface area contributed by atoms with Crippen LogP contribution >= 0.6 is 11.3 Å². The Hall–Kier alpha value is -3.64. The topological polar surface area (TPSA) is 60.5 Å². The van der Waals surface area contributed by atoms with Crippen LogP contribution in [0.2, 0.25) is 0 Å². The molecule has 30 heavy (non-hydrogen) atoms. The Balaban J connectivity index is 1.36. The smallest absolute Gasteiger partial charge is 0.264 e. The number of aromatic nitrogens is 1. The molecule has 0 aliphatic rings. The molecule has 4 rings (SSSR count). The van der Waals surface area contributed by atoms with Gasteiger partial charge in [-0.25, -0.2) is 4.98 Å². The molecule has 0 aliphatic heterocycles. The summed E-state index contributed by atoms with van der Waals surface area (Å²) in [6, 6.07) is 25.6. The van der Waals surface area contributed by atoms with Crippen LogP contribution in [0.5, 0.6) is 11.5 Å². The third-order valence-electron chi connectivity index (χ3n) is 4.45. The monoisotopic (exact) mass is 416 g/mol. The average molecular weight is 417 g/mol. The van der Waals surface area contributed by atoms with Crippen molar-refractivity contribution in [2.45, 2.75) is 0 Å².